The van der Waals surface area contributed by atoms with Crippen LogP contribution in [-0.2, 0) is 0 Å². The molecule has 3 aromatic carbocycles. The third-order valence-corrected chi connectivity index (χ3v) is 5.30. The van der Waals surface area contributed by atoms with E-state index >= 15 is 0 Å². The van der Waals surface area contributed by atoms with Crippen molar-refractivity contribution in [3.8, 4) is 40.2 Å². The lowest BCUT2D eigenvalue weighted by molar-refractivity contribution is 0.0733. The number of ether oxygens (including phenoxy) is 7. The van der Waals surface area contributed by atoms with Crippen molar-refractivity contribution in [2.45, 2.75) is 0 Å². The minimum atomic E-state index is -0.608. The number of nitrogens with zero attached hydrogens (tertiary/aromatic N) is 1. The molecule has 0 aliphatic heterocycles. The second-order valence-electron chi connectivity index (χ2n) is 7.49. The zero-order valence-electron chi connectivity index (χ0n) is 21.8. The highest BCUT2D eigenvalue weighted by atomic mass is 16.5. The van der Waals surface area contributed by atoms with Crippen LogP contribution in [0.5, 0.6) is 40.2 Å². The highest BCUT2D eigenvalue weighted by Gasteiger charge is 2.19. The molecule has 200 valence electrons. The molecule has 0 heterocycles. The monoisotopic (exact) mass is 524 g/mol. The van der Waals surface area contributed by atoms with Crippen LogP contribution in [0.25, 0.3) is 0 Å². The molecular formula is C27H28N2O9. The van der Waals surface area contributed by atoms with E-state index in [4.69, 9.17) is 33.2 Å². The predicted octanol–water partition coefficient (Wildman–Crippen LogP) is 3.72. The fourth-order valence-electron chi connectivity index (χ4n) is 3.43. The van der Waals surface area contributed by atoms with Gasteiger partial charge in [-0.3, -0.25) is 4.79 Å². The lowest BCUT2D eigenvalue weighted by Gasteiger charge is -2.13. The van der Waals surface area contributed by atoms with Crippen LogP contribution in [0.1, 0.15) is 26.3 Å². The quantitative estimate of drug-likeness (QED) is 0.173. The Bertz CT molecular complexity index is 1270. The summed E-state index contributed by atoms with van der Waals surface area (Å²) in [7, 11) is 8.79. The minimum Gasteiger partial charge on any atom is -0.493 e. The maximum Gasteiger partial charge on any atom is 0.343 e. The fourth-order valence-corrected chi connectivity index (χ4v) is 3.43. The normalized spacial score (nSPS) is 10.5. The molecule has 0 saturated heterocycles. The zero-order valence-corrected chi connectivity index (χ0v) is 21.8. The van der Waals surface area contributed by atoms with Gasteiger partial charge in [0, 0.05) is 5.56 Å². The van der Waals surface area contributed by atoms with E-state index in [9.17, 15) is 9.59 Å². The molecule has 3 rings (SSSR count). The Labute approximate surface area is 219 Å². The van der Waals surface area contributed by atoms with E-state index in [1.807, 2.05) is 0 Å². The van der Waals surface area contributed by atoms with Gasteiger partial charge in [0.2, 0.25) is 11.5 Å². The Kier molecular flexibility index (Phi) is 9.36. The molecule has 1 N–H and O–H groups in total. The van der Waals surface area contributed by atoms with Crippen LogP contribution < -0.4 is 38.6 Å². The van der Waals surface area contributed by atoms with Gasteiger partial charge in [0.05, 0.1) is 54.4 Å². The molecule has 0 aliphatic carbocycles. The van der Waals surface area contributed by atoms with Gasteiger partial charge in [-0.25, -0.2) is 10.2 Å². The second-order valence-corrected chi connectivity index (χ2v) is 7.49. The summed E-state index contributed by atoms with van der Waals surface area (Å²) in [6.07, 6.45) is 1.45. The summed E-state index contributed by atoms with van der Waals surface area (Å²) >= 11 is 0. The number of carbonyl (C=O) groups is 2. The van der Waals surface area contributed by atoms with Crippen LogP contribution in [0.15, 0.2) is 53.6 Å². The molecule has 0 fully saturated rings. The molecule has 0 aliphatic rings. The lowest BCUT2D eigenvalue weighted by atomic mass is 10.1. The number of hydrazone groups is 1. The first-order chi connectivity index (χ1) is 18.4. The van der Waals surface area contributed by atoms with E-state index in [0.29, 0.717) is 45.8 Å². The molecule has 38 heavy (non-hydrogen) atoms. The molecule has 0 unspecified atom stereocenters. The number of amides is 1. The Balaban J connectivity index is 1.66. The first-order valence-corrected chi connectivity index (χ1v) is 11.1. The molecule has 0 atom stereocenters. The van der Waals surface area contributed by atoms with Crippen molar-refractivity contribution >= 4 is 18.1 Å². The summed E-state index contributed by atoms with van der Waals surface area (Å²) < 4.78 is 37.1. The molecule has 11 nitrogen and oxygen atoms in total. The topological polar surface area (TPSA) is 123 Å². The molecule has 0 saturated carbocycles. The van der Waals surface area contributed by atoms with Gasteiger partial charge in [-0.1, -0.05) is 0 Å². The summed E-state index contributed by atoms with van der Waals surface area (Å²) in [6, 6.07) is 12.6. The smallest absolute Gasteiger partial charge is 0.343 e. The Morgan fingerprint density at radius 3 is 1.53 bits per heavy atom. The zero-order chi connectivity index (χ0) is 27.7. The van der Waals surface area contributed by atoms with Crippen LogP contribution in [0.2, 0.25) is 0 Å². The SMILES string of the molecule is COc1cc(C(=O)N/N=C/c2ccc(OC(=O)c3cc(OC)c(OC)c(OC)c3)cc2)cc(OC)c1OC. The third-order valence-electron chi connectivity index (χ3n) is 5.30. The highest BCUT2D eigenvalue weighted by molar-refractivity contribution is 5.96. The molecule has 0 radical (unpaired) electrons. The maximum atomic E-state index is 12.7. The summed E-state index contributed by atoms with van der Waals surface area (Å²) in [5, 5.41) is 3.98. The number of nitrogens with one attached hydrogen (secondary N) is 1. The van der Waals surface area contributed by atoms with Gasteiger partial charge in [-0.15, -0.1) is 0 Å². The van der Waals surface area contributed by atoms with Gasteiger partial charge in [0.25, 0.3) is 5.91 Å². The highest BCUT2D eigenvalue weighted by Crippen LogP contribution is 2.39. The van der Waals surface area contributed by atoms with Crippen LogP contribution in [0.4, 0.5) is 0 Å². The lowest BCUT2D eigenvalue weighted by Crippen LogP contribution is -2.18. The van der Waals surface area contributed by atoms with Crippen LogP contribution in [-0.4, -0.2) is 60.7 Å². The third kappa shape index (κ3) is 6.25. The Morgan fingerprint density at radius 2 is 1.11 bits per heavy atom. The average Bonchev–Trinajstić information content (AvgIpc) is 2.95. The maximum absolute atomic E-state index is 12.7. The minimum absolute atomic E-state index is 0.222. The average molecular weight is 525 g/mol. The van der Waals surface area contributed by atoms with E-state index in [-0.39, 0.29) is 11.1 Å². The molecule has 11 heteroatoms. The van der Waals surface area contributed by atoms with Gasteiger partial charge >= 0.3 is 5.97 Å². The van der Waals surface area contributed by atoms with Gasteiger partial charge < -0.3 is 33.2 Å². The van der Waals surface area contributed by atoms with E-state index in [1.54, 1.807) is 24.3 Å². The van der Waals surface area contributed by atoms with Crippen LogP contribution in [0.3, 0.4) is 0 Å². The molecule has 0 spiro atoms. The summed E-state index contributed by atoms with van der Waals surface area (Å²) in [4.78, 5) is 25.2. The number of rotatable bonds is 11. The molecule has 0 aromatic heterocycles. The number of methoxy groups -OCH3 is 6. The molecule has 3 aromatic rings. The largest absolute Gasteiger partial charge is 0.493 e. The van der Waals surface area contributed by atoms with Gasteiger partial charge in [-0.2, -0.15) is 5.10 Å². The molecule has 0 bridgehead atoms. The first-order valence-electron chi connectivity index (χ1n) is 11.1. The first kappa shape index (κ1) is 27.7. The van der Waals surface area contributed by atoms with Gasteiger partial charge in [0.1, 0.15) is 5.75 Å². The van der Waals surface area contributed by atoms with Gasteiger partial charge in [-0.05, 0) is 54.1 Å². The Morgan fingerprint density at radius 1 is 0.658 bits per heavy atom. The van der Waals surface area contributed by atoms with Crippen LogP contribution in [0, 0.1) is 0 Å². The summed E-state index contributed by atoms with van der Waals surface area (Å²) in [5.74, 6) is 1.32. The summed E-state index contributed by atoms with van der Waals surface area (Å²) in [5.41, 5.74) is 3.59. The van der Waals surface area contributed by atoms with Crippen molar-refractivity contribution in [3.63, 3.8) is 0 Å². The number of esters is 1. The fraction of sp³-hybridized carbons (Fsp3) is 0.222. The van der Waals surface area contributed by atoms with Crippen molar-refractivity contribution in [2.24, 2.45) is 5.10 Å². The van der Waals surface area contributed by atoms with Crippen molar-refractivity contribution in [2.75, 3.05) is 42.7 Å². The number of hydrogen-bond acceptors (Lipinski definition) is 10. The predicted molar refractivity (Wildman–Crippen MR) is 139 cm³/mol. The van der Waals surface area contributed by atoms with E-state index in [2.05, 4.69) is 10.5 Å². The van der Waals surface area contributed by atoms with Crippen molar-refractivity contribution in [1.29, 1.82) is 0 Å². The van der Waals surface area contributed by atoms with Crippen molar-refractivity contribution in [1.82, 2.24) is 5.43 Å². The standard InChI is InChI=1S/C27H28N2O9/c1-32-20-11-17(12-21(33-2)24(20)36-5)26(30)29-28-15-16-7-9-19(10-8-16)38-27(31)18-13-22(34-3)25(37-6)23(14-18)35-4/h7-15H,1-6H3,(H,29,30)/b28-15+. The number of carbonyl (C=O) groups excluding carboxylic acids is 2. The van der Waals surface area contributed by atoms with Crippen LogP contribution >= 0.6 is 0 Å². The Hall–Kier alpha value is -4.93. The number of benzene rings is 3. The molecular weight excluding hydrogens is 496 g/mol. The van der Waals surface area contributed by atoms with Crippen molar-refractivity contribution < 1.29 is 42.7 Å². The van der Waals surface area contributed by atoms with Gasteiger partial charge in [0.15, 0.2) is 23.0 Å². The van der Waals surface area contributed by atoms with Crippen molar-refractivity contribution in [3.05, 3.63) is 65.2 Å². The van der Waals surface area contributed by atoms with E-state index in [0.717, 1.165) is 0 Å². The second kappa shape index (κ2) is 12.9. The van der Waals surface area contributed by atoms with E-state index in [1.165, 1.54) is 73.1 Å². The summed E-state index contributed by atoms with van der Waals surface area (Å²) in [6.45, 7) is 0. The van der Waals surface area contributed by atoms with E-state index < -0.39 is 11.9 Å². The number of hydrogen-bond donors (Lipinski definition) is 1. The molecule has 1 amide bonds.